The summed E-state index contributed by atoms with van der Waals surface area (Å²) in [7, 11) is 0. The highest BCUT2D eigenvalue weighted by atomic mass is 16.5. The summed E-state index contributed by atoms with van der Waals surface area (Å²) in [5, 5.41) is 2.97. The van der Waals surface area contributed by atoms with Gasteiger partial charge in [-0.15, -0.1) is 0 Å². The molecule has 1 N–H and O–H groups in total. The predicted octanol–water partition coefficient (Wildman–Crippen LogP) is 1.90. The fourth-order valence-electron chi connectivity index (χ4n) is 2.55. The molecular weight excluding hydrogens is 242 g/mol. The predicted molar refractivity (Wildman–Crippen MR) is 73.9 cm³/mol. The molecule has 0 aromatic rings. The quantitative estimate of drug-likeness (QED) is 0.791. The summed E-state index contributed by atoms with van der Waals surface area (Å²) in [6.45, 7) is 6.14. The molecule has 2 aliphatic rings. The number of hydrogen-bond donors (Lipinski definition) is 1. The molecule has 1 unspecified atom stereocenters. The summed E-state index contributed by atoms with van der Waals surface area (Å²) in [6, 6.07) is 0. The molecule has 2 saturated heterocycles. The molecule has 1 amide bonds. The highest BCUT2D eigenvalue weighted by molar-refractivity contribution is 5.87. The highest BCUT2D eigenvalue weighted by Crippen LogP contribution is 2.30. The first-order valence-electron chi connectivity index (χ1n) is 7.30. The Morgan fingerprint density at radius 1 is 1.32 bits per heavy atom. The first-order valence-corrected chi connectivity index (χ1v) is 7.30. The molecule has 4 heteroatoms. The first kappa shape index (κ1) is 14.5. The van der Waals surface area contributed by atoms with Crippen LogP contribution in [0.15, 0.2) is 12.2 Å². The molecule has 0 aromatic carbocycles. The van der Waals surface area contributed by atoms with Crippen LogP contribution in [-0.4, -0.2) is 38.9 Å². The first-order chi connectivity index (χ1) is 9.18. The number of hydrogen-bond acceptors (Lipinski definition) is 3. The Morgan fingerprint density at radius 3 is 2.79 bits per heavy atom. The Bertz CT molecular complexity index is 315. The molecule has 2 fully saturated rings. The SMILES string of the molecule is CC1(/C=C/C(=O)NCC2CCCOC2)CCOCC1. The largest absolute Gasteiger partial charge is 0.381 e. The lowest BCUT2D eigenvalue weighted by Gasteiger charge is -2.30. The average Bonchev–Trinajstić information content (AvgIpc) is 2.45. The van der Waals surface area contributed by atoms with Crippen LogP contribution in [0.3, 0.4) is 0 Å². The summed E-state index contributed by atoms with van der Waals surface area (Å²) in [5.74, 6) is 0.489. The second kappa shape index (κ2) is 7.06. The maximum absolute atomic E-state index is 11.8. The van der Waals surface area contributed by atoms with E-state index in [9.17, 15) is 4.79 Å². The van der Waals surface area contributed by atoms with Crippen molar-refractivity contribution in [1.82, 2.24) is 5.32 Å². The van der Waals surface area contributed by atoms with Gasteiger partial charge in [0.2, 0.25) is 5.91 Å². The van der Waals surface area contributed by atoms with Gasteiger partial charge in [-0.05, 0) is 43.1 Å². The zero-order valence-electron chi connectivity index (χ0n) is 11.8. The van der Waals surface area contributed by atoms with Gasteiger partial charge in [0.1, 0.15) is 0 Å². The van der Waals surface area contributed by atoms with Crippen LogP contribution in [0.2, 0.25) is 0 Å². The molecular formula is C15H25NO3. The lowest BCUT2D eigenvalue weighted by molar-refractivity contribution is -0.117. The molecule has 0 saturated carbocycles. The fourth-order valence-corrected chi connectivity index (χ4v) is 2.55. The Labute approximate surface area is 115 Å². The number of allylic oxidation sites excluding steroid dienone is 1. The van der Waals surface area contributed by atoms with E-state index in [4.69, 9.17) is 9.47 Å². The molecule has 108 valence electrons. The van der Waals surface area contributed by atoms with E-state index in [-0.39, 0.29) is 11.3 Å². The normalized spacial score (nSPS) is 27.3. The van der Waals surface area contributed by atoms with E-state index >= 15 is 0 Å². The van der Waals surface area contributed by atoms with Crippen molar-refractivity contribution >= 4 is 5.91 Å². The Balaban J connectivity index is 1.70. The van der Waals surface area contributed by atoms with E-state index in [1.54, 1.807) is 6.08 Å². The topological polar surface area (TPSA) is 47.6 Å². The maximum Gasteiger partial charge on any atom is 0.243 e. The molecule has 19 heavy (non-hydrogen) atoms. The molecule has 0 spiro atoms. The molecule has 0 radical (unpaired) electrons. The number of amides is 1. The summed E-state index contributed by atoms with van der Waals surface area (Å²) in [5.41, 5.74) is 0.115. The van der Waals surface area contributed by atoms with E-state index in [0.717, 1.165) is 58.7 Å². The number of nitrogens with one attached hydrogen (secondary N) is 1. The molecule has 2 aliphatic heterocycles. The Kier molecular flexibility index (Phi) is 5.40. The Morgan fingerprint density at radius 2 is 2.11 bits per heavy atom. The molecule has 0 aliphatic carbocycles. The molecule has 0 aromatic heterocycles. The lowest BCUT2D eigenvalue weighted by atomic mass is 9.82. The smallest absolute Gasteiger partial charge is 0.243 e. The van der Waals surface area contributed by atoms with Gasteiger partial charge in [-0.3, -0.25) is 4.79 Å². The van der Waals surface area contributed by atoms with Gasteiger partial charge in [0.15, 0.2) is 0 Å². The summed E-state index contributed by atoms with van der Waals surface area (Å²) in [6.07, 6.45) is 7.98. The van der Waals surface area contributed by atoms with Gasteiger partial charge in [-0.2, -0.15) is 0 Å². The lowest BCUT2D eigenvalue weighted by Crippen LogP contribution is -2.32. The van der Waals surface area contributed by atoms with Crippen molar-refractivity contribution in [2.24, 2.45) is 11.3 Å². The minimum absolute atomic E-state index is 0.0123. The van der Waals surface area contributed by atoms with Crippen LogP contribution < -0.4 is 5.32 Å². The van der Waals surface area contributed by atoms with Gasteiger partial charge >= 0.3 is 0 Å². The van der Waals surface area contributed by atoms with Crippen LogP contribution in [0.1, 0.15) is 32.6 Å². The number of ether oxygens (including phenoxy) is 2. The molecule has 0 bridgehead atoms. The molecule has 2 rings (SSSR count). The third-order valence-electron chi connectivity index (χ3n) is 4.09. The Hall–Kier alpha value is -0.870. The standard InChI is InChI=1S/C15H25NO3/c1-15(6-9-18-10-7-15)5-4-14(17)16-11-13-3-2-8-19-12-13/h4-5,13H,2-3,6-12H2,1H3,(H,16,17)/b5-4+. The van der Waals surface area contributed by atoms with Gasteiger partial charge in [0, 0.05) is 26.4 Å². The van der Waals surface area contributed by atoms with Crippen LogP contribution in [-0.2, 0) is 14.3 Å². The third kappa shape index (κ3) is 4.96. The number of carbonyl (C=O) groups is 1. The number of rotatable bonds is 4. The molecule has 4 nitrogen and oxygen atoms in total. The van der Waals surface area contributed by atoms with Crippen molar-refractivity contribution < 1.29 is 14.3 Å². The minimum Gasteiger partial charge on any atom is -0.381 e. The van der Waals surface area contributed by atoms with Crippen molar-refractivity contribution in [3.8, 4) is 0 Å². The maximum atomic E-state index is 11.8. The summed E-state index contributed by atoms with van der Waals surface area (Å²) >= 11 is 0. The monoisotopic (exact) mass is 267 g/mol. The van der Waals surface area contributed by atoms with Crippen LogP contribution in [0.5, 0.6) is 0 Å². The molecule has 1 atom stereocenters. The van der Waals surface area contributed by atoms with Crippen molar-refractivity contribution in [3.05, 3.63) is 12.2 Å². The van der Waals surface area contributed by atoms with E-state index < -0.39 is 0 Å². The van der Waals surface area contributed by atoms with Crippen LogP contribution in [0.25, 0.3) is 0 Å². The van der Waals surface area contributed by atoms with Crippen LogP contribution >= 0.6 is 0 Å². The van der Waals surface area contributed by atoms with Gasteiger partial charge in [0.25, 0.3) is 0 Å². The second-order valence-corrected chi connectivity index (χ2v) is 5.93. The van der Waals surface area contributed by atoms with Crippen LogP contribution in [0.4, 0.5) is 0 Å². The zero-order valence-corrected chi connectivity index (χ0v) is 11.8. The fraction of sp³-hybridized carbons (Fsp3) is 0.800. The van der Waals surface area contributed by atoms with E-state index in [0.29, 0.717) is 5.92 Å². The summed E-state index contributed by atoms with van der Waals surface area (Å²) < 4.78 is 10.8. The van der Waals surface area contributed by atoms with Gasteiger partial charge in [0.05, 0.1) is 6.61 Å². The van der Waals surface area contributed by atoms with E-state index in [2.05, 4.69) is 12.2 Å². The number of carbonyl (C=O) groups excluding carboxylic acids is 1. The van der Waals surface area contributed by atoms with Gasteiger partial charge in [-0.1, -0.05) is 13.0 Å². The highest BCUT2D eigenvalue weighted by Gasteiger charge is 2.24. The zero-order chi connectivity index (χ0) is 13.6. The van der Waals surface area contributed by atoms with Crippen molar-refractivity contribution in [2.45, 2.75) is 32.6 Å². The molecule has 2 heterocycles. The van der Waals surface area contributed by atoms with E-state index in [1.807, 2.05) is 6.08 Å². The van der Waals surface area contributed by atoms with Gasteiger partial charge in [-0.25, -0.2) is 0 Å². The summed E-state index contributed by atoms with van der Waals surface area (Å²) in [4.78, 5) is 11.8. The average molecular weight is 267 g/mol. The van der Waals surface area contributed by atoms with E-state index in [1.165, 1.54) is 0 Å². The second-order valence-electron chi connectivity index (χ2n) is 5.93. The van der Waals surface area contributed by atoms with Gasteiger partial charge < -0.3 is 14.8 Å². The van der Waals surface area contributed by atoms with Crippen molar-refractivity contribution in [1.29, 1.82) is 0 Å². The minimum atomic E-state index is 0.0123. The van der Waals surface area contributed by atoms with Crippen molar-refractivity contribution in [3.63, 3.8) is 0 Å². The third-order valence-corrected chi connectivity index (χ3v) is 4.09. The van der Waals surface area contributed by atoms with Crippen molar-refractivity contribution in [2.75, 3.05) is 33.0 Å². The van der Waals surface area contributed by atoms with Crippen LogP contribution in [0, 0.1) is 11.3 Å².